The van der Waals surface area contributed by atoms with E-state index in [4.69, 9.17) is 15.2 Å². The third kappa shape index (κ3) is 1.80. The second kappa shape index (κ2) is 4.17. The van der Waals surface area contributed by atoms with Crippen molar-refractivity contribution in [2.75, 3.05) is 18.0 Å². The highest BCUT2D eigenvalue weighted by molar-refractivity contribution is 5.90. The van der Waals surface area contributed by atoms with Crippen molar-refractivity contribution in [2.45, 2.75) is 25.6 Å². The van der Waals surface area contributed by atoms with Gasteiger partial charge in [0.25, 0.3) is 0 Å². The van der Waals surface area contributed by atoms with Crippen LogP contribution in [0.15, 0.2) is 18.2 Å². The predicted molar refractivity (Wildman–Crippen MR) is 66.9 cm³/mol. The topological polar surface area (TPSA) is 64.8 Å². The number of cyclic esters (lactones) is 1. The fourth-order valence-corrected chi connectivity index (χ4v) is 2.43. The Balaban J connectivity index is 1.86. The number of anilines is 1. The molecule has 0 aliphatic carbocycles. The Morgan fingerprint density at radius 3 is 3.00 bits per heavy atom. The molecule has 1 fully saturated rings. The highest BCUT2D eigenvalue weighted by atomic mass is 16.6. The first-order valence-electron chi connectivity index (χ1n) is 6.15. The van der Waals surface area contributed by atoms with Crippen LogP contribution in [0.4, 0.5) is 10.5 Å². The van der Waals surface area contributed by atoms with Gasteiger partial charge in [0.2, 0.25) is 0 Å². The summed E-state index contributed by atoms with van der Waals surface area (Å²) in [4.78, 5) is 13.4. The van der Waals surface area contributed by atoms with Crippen molar-refractivity contribution in [3.05, 3.63) is 23.8 Å². The van der Waals surface area contributed by atoms with Crippen LogP contribution < -0.4 is 15.4 Å². The smallest absolute Gasteiger partial charge is 0.414 e. The fraction of sp³-hybridized carbons (Fsp3) is 0.462. The van der Waals surface area contributed by atoms with Gasteiger partial charge in [-0.15, -0.1) is 0 Å². The molecule has 0 radical (unpaired) electrons. The first-order valence-corrected chi connectivity index (χ1v) is 6.15. The maximum Gasteiger partial charge on any atom is 0.414 e. The van der Waals surface area contributed by atoms with E-state index in [-0.39, 0.29) is 18.3 Å². The van der Waals surface area contributed by atoms with Crippen molar-refractivity contribution >= 4 is 11.8 Å². The zero-order chi connectivity index (χ0) is 12.7. The van der Waals surface area contributed by atoms with Gasteiger partial charge in [-0.3, -0.25) is 4.90 Å². The minimum Gasteiger partial charge on any atom is -0.490 e. The van der Waals surface area contributed by atoms with Crippen molar-refractivity contribution in [1.29, 1.82) is 0 Å². The lowest BCUT2D eigenvalue weighted by Gasteiger charge is -2.13. The van der Waals surface area contributed by atoms with E-state index in [9.17, 15) is 4.79 Å². The molecule has 1 aromatic carbocycles. The number of rotatable bonds is 2. The lowest BCUT2D eigenvalue weighted by atomic mass is 10.1. The van der Waals surface area contributed by atoms with Gasteiger partial charge in [0.15, 0.2) is 0 Å². The maximum atomic E-state index is 11.7. The van der Waals surface area contributed by atoms with Crippen LogP contribution in [-0.4, -0.2) is 31.4 Å². The SMILES string of the molecule is CC1Cc2cc(N3CC(CN)OC3=O)ccc2O1. The number of amides is 1. The molecule has 0 saturated carbocycles. The van der Waals surface area contributed by atoms with Gasteiger partial charge in [0, 0.05) is 18.7 Å². The van der Waals surface area contributed by atoms with E-state index in [1.807, 2.05) is 25.1 Å². The van der Waals surface area contributed by atoms with E-state index in [0.717, 1.165) is 23.4 Å². The van der Waals surface area contributed by atoms with Crippen LogP contribution in [0, 0.1) is 0 Å². The number of ether oxygens (including phenoxy) is 2. The number of fused-ring (bicyclic) bond motifs is 1. The van der Waals surface area contributed by atoms with Gasteiger partial charge in [-0.2, -0.15) is 0 Å². The van der Waals surface area contributed by atoms with Gasteiger partial charge >= 0.3 is 6.09 Å². The van der Waals surface area contributed by atoms with Crippen LogP contribution in [0.25, 0.3) is 0 Å². The number of nitrogens with zero attached hydrogens (tertiary/aromatic N) is 1. The van der Waals surface area contributed by atoms with Crippen molar-refractivity contribution < 1.29 is 14.3 Å². The molecule has 2 atom stereocenters. The predicted octanol–water partition coefficient (Wildman–Crippen LogP) is 1.29. The molecule has 0 spiro atoms. The van der Waals surface area contributed by atoms with Crippen LogP contribution >= 0.6 is 0 Å². The van der Waals surface area contributed by atoms with E-state index in [0.29, 0.717) is 13.1 Å². The largest absolute Gasteiger partial charge is 0.490 e. The highest BCUT2D eigenvalue weighted by Crippen LogP contribution is 2.33. The molecular formula is C13H16N2O3. The standard InChI is InChI=1S/C13H16N2O3/c1-8-4-9-5-10(2-3-12(9)17-8)15-7-11(6-14)18-13(15)16/h2-3,5,8,11H,4,6-7,14H2,1H3. The Hall–Kier alpha value is -1.75. The van der Waals surface area contributed by atoms with Gasteiger partial charge in [0.1, 0.15) is 18.0 Å². The van der Waals surface area contributed by atoms with Gasteiger partial charge in [-0.05, 0) is 30.7 Å². The molecule has 0 bridgehead atoms. The summed E-state index contributed by atoms with van der Waals surface area (Å²) < 4.78 is 10.8. The van der Waals surface area contributed by atoms with Gasteiger partial charge in [-0.25, -0.2) is 4.79 Å². The second-order valence-electron chi connectivity index (χ2n) is 4.78. The molecule has 5 nitrogen and oxygen atoms in total. The minimum absolute atomic E-state index is 0.206. The number of benzene rings is 1. The molecule has 2 N–H and O–H groups in total. The Bertz CT molecular complexity index is 489. The molecule has 1 amide bonds. The van der Waals surface area contributed by atoms with E-state index in [1.165, 1.54) is 0 Å². The summed E-state index contributed by atoms with van der Waals surface area (Å²) in [6.45, 7) is 2.91. The van der Waals surface area contributed by atoms with E-state index < -0.39 is 0 Å². The van der Waals surface area contributed by atoms with Crippen molar-refractivity contribution in [3.8, 4) is 5.75 Å². The third-order valence-electron chi connectivity index (χ3n) is 3.33. The summed E-state index contributed by atoms with van der Waals surface area (Å²) in [6, 6.07) is 5.80. The van der Waals surface area contributed by atoms with Crippen LogP contribution in [0.1, 0.15) is 12.5 Å². The lowest BCUT2D eigenvalue weighted by molar-refractivity contribution is 0.145. The molecule has 2 unspecified atom stereocenters. The van der Waals surface area contributed by atoms with Gasteiger partial charge < -0.3 is 15.2 Å². The summed E-state index contributed by atoms with van der Waals surface area (Å²) in [5.74, 6) is 0.911. The van der Waals surface area contributed by atoms with Crippen LogP contribution in [0.2, 0.25) is 0 Å². The molecule has 3 rings (SSSR count). The molecule has 2 heterocycles. The molecular weight excluding hydrogens is 232 g/mol. The van der Waals surface area contributed by atoms with E-state index in [1.54, 1.807) is 4.90 Å². The Kier molecular flexibility index (Phi) is 2.63. The Morgan fingerprint density at radius 2 is 2.28 bits per heavy atom. The number of carbonyl (C=O) groups is 1. The van der Waals surface area contributed by atoms with E-state index in [2.05, 4.69) is 0 Å². The molecule has 2 aliphatic rings. The number of hydrogen-bond donors (Lipinski definition) is 1. The molecule has 2 aliphatic heterocycles. The zero-order valence-electron chi connectivity index (χ0n) is 10.3. The molecule has 1 aromatic rings. The third-order valence-corrected chi connectivity index (χ3v) is 3.33. The quantitative estimate of drug-likeness (QED) is 0.856. The van der Waals surface area contributed by atoms with Crippen molar-refractivity contribution in [3.63, 3.8) is 0 Å². The fourth-order valence-electron chi connectivity index (χ4n) is 2.43. The highest BCUT2D eigenvalue weighted by Gasteiger charge is 2.32. The van der Waals surface area contributed by atoms with Crippen molar-refractivity contribution in [2.24, 2.45) is 5.73 Å². The van der Waals surface area contributed by atoms with E-state index >= 15 is 0 Å². The lowest BCUT2D eigenvalue weighted by Crippen LogP contribution is -2.27. The average molecular weight is 248 g/mol. The monoisotopic (exact) mass is 248 g/mol. The number of nitrogens with two attached hydrogens (primary N) is 1. The summed E-state index contributed by atoms with van der Waals surface area (Å²) >= 11 is 0. The van der Waals surface area contributed by atoms with Crippen LogP contribution in [0.3, 0.4) is 0 Å². The zero-order valence-corrected chi connectivity index (χ0v) is 10.3. The van der Waals surface area contributed by atoms with Crippen LogP contribution in [-0.2, 0) is 11.2 Å². The first-order chi connectivity index (χ1) is 8.67. The Morgan fingerprint density at radius 1 is 1.44 bits per heavy atom. The molecule has 5 heteroatoms. The second-order valence-corrected chi connectivity index (χ2v) is 4.78. The summed E-state index contributed by atoms with van der Waals surface area (Å²) in [6.07, 6.45) is 0.558. The summed E-state index contributed by atoms with van der Waals surface area (Å²) in [5.41, 5.74) is 7.52. The van der Waals surface area contributed by atoms with Crippen molar-refractivity contribution in [1.82, 2.24) is 0 Å². The number of carbonyl (C=O) groups excluding carboxylic acids is 1. The molecule has 96 valence electrons. The van der Waals surface area contributed by atoms with Gasteiger partial charge in [-0.1, -0.05) is 0 Å². The normalized spacial score (nSPS) is 25.9. The molecule has 1 saturated heterocycles. The van der Waals surface area contributed by atoms with Crippen LogP contribution in [0.5, 0.6) is 5.75 Å². The minimum atomic E-state index is -0.322. The summed E-state index contributed by atoms with van der Waals surface area (Å²) in [7, 11) is 0. The Labute approximate surface area is 105 Å². The van der Waals surface area contributed by atoms with Gasteiger partial charge in [0.05, 0.1) is 6.54 Å². The number of hydrogen-bond acceptors (Lipinski definition) is 4. The first kappa shape index (κ1) is 11.3. The maximum absolute atomic E-state index is 11.7. The average Bonchev–Trinajstić information content (AvgIpc) is 2.89. The molecule has 18 heavy (non-hydrogen) atoms. The molecule has 0 aromatic heterocycles. The summed E-state index contributed by atoms with van der Waals surface area (Å²) in [5, 5.41) is 0.